The molecule has 0 bridgehead atoms. The molecule has 1 saturated carbocycles. The van der Waals surface area contributed by atoms with Crippen LogP contribution in [0.15, 0.2) is 12.0 Å². The van der Waals surface area contributed by atoms with Gasteiger partial charge < -0.3 is 23.4 Å². The molecule has 248 valence electrons. The smallest absolute Gasteiger partial charge is 0.319 e. The molecule has 2 unspecified atom stereocenters. The van der Waals surface area contributed by atoms with Gasteiger partial charge in [-0.05, 0) is 38.0 Å². The standard InChI is InChI=1S/C34H66NO6P/c1-4-5-6-7-8-9-10-11-12-13-14-15-16-22-27-38-30-34(39-28-32-23-18-17-19-24-32)31-41-42(36,37)40-29-33-25-20-21-26-35(33,2)3/h29,32,34H,4-28,30-31H2,1-3H3. The van der Waals surface area contributed by atoms with E-state index in [1.807, 2.05) is 0 Å². The summed E-state index contributed by atoms with van der Waals surface area (Å²) in [5.74, 6) is 0.540. The summed E-state index contributed by atoms with van der Waals surface area (Å²) in [5, 5.41) is 0. The molecule has 2 fully saturated rings. The lowest BCUT2D eigenvalue weighted by Gasteiger charge is -2.35. The van der Waals surface area contributed by atoms with Crippen LogP contribution in [0.2, 0.25) is 0 Å². The highest BCUT2D eigenvalue weighted by atomic mass is 31.2. The molecule has 0 aromatic carbocycles. The number of phosphoric ester groups is 1. The Morgan fingerprint density at radius 2 is 1.43 bits per heavy atom. The summed E-state index contributed by atoms with van der Waals surface area (Å²) in [7, 11) is -0.316. The maximum atomic E-state index is 12.6. The molecular weight excluding hydrogens is 549 g/mol. The number of nitrogens with zero attached hydrogens (tertiary/aromatic N) is 1. The predicted molar refractivity (Wildman–Crippen MR) is 171 cm³/mol. The SMILES string of the molecule is CCCCCCCCCCCCCCCCOCC(COP(=O)([O-])OC=C1CCCC[N+]1(C)C)OCC1CCCCC1. The van der Waals surface area contributed by atoms with Crippen LogP contribution in [0.5, 0.6) is 0 Å². The van der Waals surface area contributed by atoms with E-state index in [-0.39, 0.29) is 6.61 Å². The zero-order valence-corrected chi connectivity index (χ0v) is 28.6. The van der Waals surface area contributed by atoms with Gasteiger partial charge in [-0.1, -0.05) is 110 Å². The maximum absolute atomic E-state index is 12.6. The summed E-state index contributed by atoms with van der Waals surface area (Å²) in [6.45, 7) is 4.83. The normalized spacial score (nSPS) is 20.9. The van der Waals surface area contributed by atoms with Crippen molar-refractivity contribution in [3.63, 3.8) is 0 Å². The molecule has 1 saturated heterocycles. The number of piperidine rings is 1. The quantitative estimate of drug-likeness (QED) is 0.0441. The third-order valence-corrected chi connectivity index (χ3v) is 9.98. The van der Waals surface area contributed by atoms with Crippen LogP contribution in [0, 0.1) is 5.92 Å². The summed E-state index contributed by atoms with van der Waals surface area (Å²) in [4.78, 5) is 12.6. The molecule has 0 N–H and O–H groups in total. The molecule has 2 atom stereocenters. The van der Waals surface area contributed by atoms with Crippen molar-refractivity contribution in [3.05, 3.63) is 12.0 Å². The van der Waals surface area contributed by atoms with Crippen molar-refractivity contribution in [2.24, 2.45) is 5.92 Å². The minimum absolute atomic E-state index is 0.0757. The molecule has 42 heavy (non-hydrogen) atoms. The first kappa shape index (κ1) is 37.8. The van der Waals surface area contributed by atoms with Crippen molar-refractivity contribution in [1.82, 2.24) is 0 Å². The minimum atomic E-state index is -4.47. The summed E-state index contributed by atoms with van der Waals surface area (Å²) in [6.07, 6.45) is 28.8. The van der Waals surface area contributed by atoms with Gasteiger partial charge in [-0.25, -0.2) is 0 Å². The van der Waals surface area contributed by atoms with Gasteiger partial charge in [0.1, 0.15) is 18.1 Å². The lowest BCUT2D eigenvalue weighted by Crippen LogP contribution is -2.42. The summed E-state index contributed by atoms with van der Waals surface area (Å²) >= 11 is 0. The molecule has 0 amide bonds. The summed E-state index contributed by atoms with van der Waals surface area (Å²) < 4.78 is 35.8. The summed E-state index contributed by atoms with van der Waals surface area (Å²) in [5.41, 5.74) is 0.975. The fraction of sp³-hybridized carbons (Fsp3) is 0.941. The molecule has 2 aliphatic rings. The van der Waals surface area contributed by atoms with Gasteiger partial charge in [0, 0.05) is 19.6 Å². The third kappa shape index (κ3) is 18.4. The fourth-order valence-corrected chi connectivity index (χ4v) is 6.84. The van der Waals surface area contributed by atoms with Crippen molar-refractivity contribution in [3.8, 4) is 0 Å². The van der Waals surface area contributed by atoms with Crippen molar-refractivity contribution in [2.75, 3.05) is 47.1 Å². The lowest BCUT2D eigenvalue weighted by molar-refractivity contribution is -0.858. The first-order chi connectivity index (χ1) is 20.3. The van der Waals surface area contributed by atoms with Gasteiger partial charge in [0.05, 0.1) is 33.9 Å². The van der Waals surface area contributed by atoms with Gasteiger partial charge in [0.2, 0.25) is 0 Å². The Hall–Kier alpha value is -0.430. The Bertz CT molecular complexity index is 740. The number of ether oxygens (including phenoxy) is 2. The molecule has 0 aromatic heterocycles. The number of allylic oxidation sites excluding steroid dienone is 1. The zero-order chi connectivity index (χ0) is 30.4. The van der Waals surface area contributed by atoms with E-state index >= 15 is 0 Å². The highest BCUT2D eigenvalue weighted by Gasteiger charge is 2.27. The van der Waals surface area contributed by atoms with Crippen molar-refractivity contribution >= 4 is 7.82 Å². The largest absolute Gasteiger partial charge is 0.746 e. The van der Waals surface area contributed by atoms with Gasteiger partial charge in [-0.2, -0.15) is 0 Å². The Labute approximate surface area is 259 Å². The average molecular weight is 616 g/mol. The molecule has 0 aromatic rings. The molecule has 2 rings (SSSR count). The Morgan fingerprint density at radius 1 is 0.833 bits per heavy atom. The molecular formula is C34H66NO6P. The van der Waals surface area contributed by atoms with Gasteiger partial charge >= 0.3 is 7.82 Å². The van der Waals surface area contributed by atoms with E-state index < -0.39 is 13.9 Å². The Kier molecular flexibility index (Phi) is 20.7. The molecule has 1 heterocycles. The number of rotatable bonds is 25. The number of hydrogen-bond acceptors (Lipinski definition) is 6. The maximum Gasteiger partial charge on any atom is 0.319 e. The zero-order valence-electron chi connectivity index (χ0n) is 27.7. The third-order valence-electron chi connectivity index (χ3n) is 9.15. The van der Waals surface area contributed by atoms with E-state index in [2.05, 4.69) is 21.0 Å². The first-order valence-corrected chi connectivity index (χ1v) is 19.1. The average Bonchev–Trinajstić information content (AvgIpc) is 2.97. The lowest BCUT2D eigenvalue weighted by atomic mass is 9.90. The highest BCUT2D eigenvalue weighted by molar-refractivity contribution is 7.46. The molecule has 7 nitrogen and oxygen atoms in total. The Morgan fingerprint density at radius 3 is 2.02 bits per heavy atom. The second-order valence-corrected chi connectivity index (χ2v) is 14.8. The molecule has 0 spiro atoms. The van der Waals surface area contributed by atoms with E-state index in [1.54, 1.807) is 0 Å². The van der Waals surface area contributed by atoms with Crippen LogP contribution >= 0.6 is 7.82 Å². The number of phosphoric acid groups is 1. The predicted octanol–water partition coefficient (Wildman–Crippen LogP) is 9.05. The van der Waals surface area contributed by atoms with Crippen LogP contribution in [-0.4, -0.2) is 57.7 Å². The molecule has 1 aliphatic carbocycles. The van der Waals surface area contributed by atoms with Crippen molar-refractivity contribution < 1.29 is 32.5 Å². The van der Waals surface area contributed by atoms with Crippen molar-refractivity contribution in [2.45, 2.75) is 154 Å². The Balaban J connectivity index is 1.60. The first-order valence-electron chi connectivity index (χ1n) is 17.7. The van der Waals surface area contributed by atoms with Crippen LogP contribution in [0.3, 0.4) is 0 Å². The number of hydrogen-bond donors (Lipinski definition) is 0. The number of unbranched alkanes of at least 4 members (excludes halogenated alkanes) is 13. The van der Waals surface area contributed by atoms with Crippen LogP contribution in [-0.2, 0) is 23.1 Å². The van der Waals surface area contributed by atoms with Gasteiger partial charge in [0.25, 0.3) is 0 Å². The number of likely N-dealkylation sites (tertiary alicyclic amines) is 1. The van der Waals surface area contributed by atoms with E-state index in [9.17, 15) is 9.46 Å². The molecule has 0 radical (unpaired) electrons. The van der Waals surface area contributed by atoms with Crippen molar-refractivity contribution in [1.29, 1.82) is 0 Å². The second kappa shape index (κ2) is 23.0. The molecule has 8 heteroatoms. The van der Waals surface area contributed by atoms with Crippen LogP contribution in [0.1, 0.15) is 148 Å². The minimum Gasteiger partial charge on any atom is -0.746 e. The van der Waals surface area contributed by atoms with Crippen LogP contribution in [0.25, 0.3) is 0 Å². The monoisotopic (exact) mass is 615 g/mol. The van der Waals surface area contributed by atoms with Gasteiger partial charge in [-0.3, -0.25) is 9.05 Å². The van der Waals surface area contributed by atoms with Gasteiger partial charge in [0.15, 0.2) is 0 Å². The highest BCUT2D eigenvalue weighted by Crippen LogP contribution is 2.40. The van der Waals surface area contributed by atoms with E-state index in [0.717, 1.165) is 37.9 Å². The fourth-order valence-electron chi connectivity index (χ4n) is 6.18. The van der Waals surface area contributed by atoms with Crippen LogP contribution in [0.4, 0.5) is 0 Å². The van der Waals surface area contributed by atoms with Crippen LogP contribution < -0.4 is 4.89 Å². The summed E-state index contributed by atoms with van der Waals surface area (Å²) in [6, 6.07) is 0. The van der Waals surface area contributed by atoms with E-state index in [0.29, 0.717) is 30.2 Å². The van der Waals surface area contributed by atoms with Gasteiger partial charge in [-0.15, -0.1) is 0 Å². The topological polar surface area (TPSA) is 77.1 Å². The molecule has 1 aliphatic heterocycles. The van der Waals surface area contributed by atoms with E-state index in [1.165, 1.54) is 122 Å². The number of quaternary nitrogens is 1. The van der Waals surface area contributed by atoms with E-state index in [4.69, 9.17) is 18.5 Å². The second-order valence-electron chi connectivity index (χ2n) is 13.5.